The first-order valence-electron chi connectivity index (χ1n) is 6.07. The number of amides is 1. The van der Waals surface area contributed by atoms with Crippen LogP contribution in [0.2, 0.25) is 0 Å². The van der Waals surface area contributed by atoms with Crippen molar-refractivity contribution in [3.8, 4) is 0 Å². The van der Waals surface area contributed by atoms with E-state index in [0.29, 0.717) is 12.3 Å². The van der Waals surface area contributed by atoms with Gasteiger partial charge in [-0.25, -0.2) is 4.98 Å². The van der Waals surface area contributed by atoms with Crippen LogP contribution in [0.4, 0.5) is 0 Å². The molecule has 5 heteroatoms. The monoisotopic (exact) mass is 253 g/mol. The second-order valence-corrected chi connectivity index (χ2v) is 5.93. The van der Waals surface area contributed by atoms with Gasteiger partial charge >= 0.3 is 0 Å². The number of rotatable bonds is 4. The molecule has 2 unspecified atom stereocenters. The zero-order valence-corrected chi connectivity index (χ0v) is 11.1. The van der Waals surface area contributed by atoms with Crippen LogP contribution >= 0.6 is 11.3 Å². The predicted octanol–water partition coefficient (Wildman–Crippen LogP) is 1.63. The molecule has 1 aliphatic rings. The Morgan fingerprint density at radius 3 is 3.18 bits per heavy atom. The van der Waals surface area contributed by atoms with Crippen LogP contribution in [0.15, 0.2) is 6.20 Å². The highest BCUT2D eigenvalue weighted by Crippen LogP contribution is 2.19. The van der Waals surface area contributed by atoms with Gasteiger partial charge in [-0.2, -0.15) is 0 Å². The van der Waals surface area contributed by atoms with Crippen molar-refractivity contribution in [2.24, 2.45) is 5.92 Å². The molecule has 1 amide bonds. The van der Waals surface area contributed by atoms with Gasteiger partial charge in [0.15, 0.2) is 0 Å². The van der Waals surface area contributed by atoms with E-state index in [1.165, 1.54) is 4.88 Å². The molecule has 0 radical (unpaired) electrons. The van der Waals surface area contributed by atoms with Gasteiger partial charge in [-0.3, -0.25) is 4.79 Å². The fourth-order valence-corrected chi connectivity index (χ4v) is 2.86. The first-order chi connectivity index (χ1) is 8.15. The second kappa shape index (κ2) is 5.60. The molecule has 1 aromatic heterocycles. The number of thiazole rings is 1. The van der Waals surface area contributed by atoms with Crippen LogP contribution < -0.4 is 10.6 Å². The molecular weight excluding hydrogens is 234 g/mol. The summed E-state index contributed by atoms with van der Waals surface area (Å²) < 4.78 is 0. The largest absolute Gasteiger partial charge is 0.347 e. The summed E-state index contributed by atoms with van der Waals surface area (Å²) in [6.07, 6.45) is 3.59. The van der Waals surface area contributed by atoms with E-state index in [4.69, 9.17) is 0 Å². The highest BCUT2D eigenvalue weighted by atomic mass is 32.1. The molecule has 94 valence electrons. The number of nitrogens with zero attached hydrogens (tertiary/aromatic N) is 1. The van der Waals surface area contributed by atoms with E-state index in [1.54, 1.807) is 11.3 Å². The Kier molecular flexibility index (Phi) is 4.12. The zero-order chi connectivity index (χ0) is 12.3. The van der Waals surface area contributed by atoms with E-state index in [0.717, 1.165) is 24.5 Å². The van der Waals surface area contributed by atoms with E-state index < -0.39 is 0 Å². The first kappa shape index (κ1) is 12.5. The van der Waals surface area contributed by atoms with Crippen LogP contribution in [0.5, 0.6) is 0 Å². The number of aromatic nitrogens is 1. The van der Waals surface area contributed by atoms with Crippen molar-refractivity contribution in [3.63, 3.8) is 0 Å². The summed E-state index contributed by atoms with van der Waals surface area (Å²) in [7, 11) is 0. The molecule has 1 aliphatic heterocycles. The molecule has 0 spiro atoms. The van der Waals surface area contributed by atoms with Gasteiger partial charge in [0.2, 0.25) is 5.91 Å². The Morgan fingerprint density at radius 1 is 1.76 bits per heavy atom. The standard InChI is InChI=1S/C12H19N3OS/c1-8-6-14-12(17-8)9(2)15-11(16)5-10-3-4-13-7-10/h6,9-10,13H,3-5,7H2,1-2H3,(H,15,16). The minimum atomic E-state index is 0.0237. The van der Waals surface area contributed by atoms with Gasteiger partial charge in [0.05, 0.1) is 6.04 Å². The third kappa shape index (κ3) is 3.51. The van der Waals surface area contributed by atoms with Crippen LogP contribution in [-0.4, -0.2) is 24.0 Å². The lowest BCUT2D eigenvalue weighted by Crippen LogP contribution is -2.28. The van der Waals surface area contributed by atoms with E-state index in [2.05, 4.69) is 15.6 Å². The summed E-state index contributed by atoms with van der Waals surface area (Å²) in [5, 5.41) is 7.28. The lowest BCUT2D eigenvalue weighted by molar-refractivity contribution is -0.122. The maximum absolute atomic E-state index is 11.8. The van der Waals surface area contributed by atoms with Gasteiger partial charge in [-0.05, 0) is 39.3 Å². The third-order valence-electron chi connectivity index (χ3n) is 3.02. The molecule has 2 rings (SSSR count). The summed E-state index contributed by atoms with van der Waals surface area (Å²) >= 11 is 1.64. The van der Waals surface area contributed by atoms with Gasteiger partial charge in [0, 0.05) is 17.5 Å². The maximum Gasteiger partial charge on any atom is 0.220 e. The van der Waals surface area contributed by atoms with Crippen molar-refractivity contribution in [2.45, 2.75) is 32.7 Å². The topological polar surface area (TPSA) is 54.0 Å². The molecule has 2 atom stereocenters. The third-order valence-corrected chi connectivity index (χ3v) is 4.12. The van der Waals surface area contributed by atoms with Crippen molar-refractivity contribution < 1.29 is 4.79 Å². The summed E-state index contributed by atoms with van der Waals surface area (Å²) in [5.41, 5.74) is 0. The van der Waals surface area contributed by atoms with Crippen molar-refractivity contribution in [2.75, 3.05) is 13.1 Å². The van der Waals surface area contributed by atoms with Crippen LogP contribution in [0, 0.1) is 12.8 Å². The minimum absolute atomic E-state index is 0.0237. The Labute approximate surface area is 106 Å². The number of hydrogen-bond donors (Lipinski definition) is 2. The van der Waals surface area contributed by atoms with Crippen LogP contribution in [0.3, 0.4) is 0 Å². The molecule has 1 fully saturated rings. The first-order valence-corrected chi connectivity index (χ1v) is 6.89. The molecule has 1 saturated heterocycles. The highest BCUT2D eigenvalue weighted by molar-refractivity contribution is 7.11. The minimum Gasteiger partial charge on any atom is -0.347 e. The van der Waals surface area contributed by atoms with Gasteiger partial charge in [-0.1, -0.05) is 0 Å². The highest BCUT2D eigenvalue weighted by Gasteiger charge is 2.19. The second-order valence-electron chi connectivity index (χ2n) is 4.66. The zero-order valence-electron chi connectivity index (χ0n) is 10.3. The molecule has 2 heterocycles. The smallest absolute Gasteiger partial charge is 0.220 e. The van der Waals surface area contributed by atoms with E-state index in [1.807, 2.05) is 20.0 Å². The fourth-order valence-electron chi connectivity index (χ4n) is 2.09. The summed E-state index contributed by atoms with van der Waals surface area (Å²) in [4.78, 5) is 17.3. The van der Waals surface area contributed by atoms with Gasteiger partial charge < -0.3 is 10.6 Å². The number of nitrogens with one attached hydrogen (secondary N) is 2. The lowest BCUT2D eigenvalue weighted by atomic mass is 10.0. The Hall–Kier alpha value is -0.940. The van der Waals surface area contributed by atoms with Gasteiger partial charge in [-0.15, -0.1) is 11.3 Å². The van der Waals surface area contributed by atoms with Crippen molar-refractivity contribution in [1.82, 2.24) is 15.6 Å². The summed E-state index contributed by atoms with van der Waals surface area (Å²) in [6, 6.07) is 0.0237. The quantitative estimate of drug-likeness (QED) is 0.857. The normalized spacial score (nSPS) is 21.4. The summed E-state index contributed by atoms with van der Waals surface area (Å²) in [6.45, 7) is 6.03. The molecule has 1 aromatic rings. The molecule has 17 heavy (non-hydrogen) atoms. The van der Waals surface area contributed by atoms with Gasteiger partial charge in [0.25, 0.3) is 0 Å². The van der Waals surface area contributed by atoms with E-state index in [9.17, 15) is 4.79 Å². The maximum atomic E-state index is 11.8. The van der Waals surface area contributed by atoms with Crippen molar-refractivity contribution in [3.05, 3.63) is 16.1 Å². The number of carbonyl (C=O) groups is 1. The molecule has 0 bridgehead atoms. The average Bonchev–Trinajstić information content (AvgIpc) is 2.89. The van der Waals surface area contributed by atoms with Gasteiger partial charge in [0.1, 0.15) is 5.01 Å². The van der Waals surface area contributed by atoms with Crippen LogP contribution in [0.25, 0.3) is 0 Å². The molecule has 2 N–H and O–H groups in total. The summed E-state index contributed by atoms with van der Waals surface area (Å²) in [5.74, 6) is 0.638. The Bertz CT molecular complexity index is 385. The van der Waals surface area contributed by atoms with E-state index >= 15 is 0 Å². The molecule has 0 aromatic carbocycles. The van der Waals surface area contributed by atoms with Crippen LogP contribution in [0.1, 0.15) is 35.7 Å². The predicted molar refractivity (Wildman–Crippen MR) is 69.0 cm³/mol. The van der Waals surface area contributed by atoms with Crippen LogP contribution in [-0.2, 0) is 4.79 Å². The number of hydrogen-bond acceptors (Lipinski definition) is 4. The number of aryl methyl sites for hydroxylation is 1. The fraction of sp³-hybridized carbons (Fsp3) is 0.667. The molecule has 4 nitrogen and oxygen atoms in total. The Morgan fingerprint density at radius 2 is 2.59 bits per heavy atom. The average molecular weight is 253 g/mol. The van der Waals surface area contributed by atoms with E-state index in [-0.39, 0.29) is 11.9 Å². The lowest BCUT2D eigenvalue weighted by Gasteiger charge is -2.13. The number of carbonyl (C=O) groups excluding carboxylic acids is 1. The molecule has 0 saturated carbocycles. The molecule has 0 aliphatic carbocycles. The molecular formula is C12H19N3OS. The SMILES string of the molecule is Cc1cnc(C(C)NC(=O)CC2CCNC2)s1. The van der Waals surface area contributed by atoms with Crippen molar-refractivity contribution in [1.29, 1.82) is 0 Å². The van der Waals surface area contributed by atoms with Crippen molar-refractivity contribution >= 4 is 17.2 Å². The Balaban J connectivity index is 1.81.